The Balaban J connectivity index is 1.91. The first-order valence-electron chi connectivity index (χ1n) is 7.62. The number of nitrogens with two attached hydrogens (primary N) is 1. The molecule has 0 radical (unpaired) electrons. The molecular weight excluding hydrogens is 222 g/mol. The molecule has 1 aromatic heterocycles. The molecule has 0 spiro atoms. The minimum Gasteiger partial charge on any atom is -0.384 e. The molecule has 0 unspecified atom stereocenters. The molecule has 0 aliphatic heterocycles. The number of nitrogen functional groups attached to an aromatic ring is 1. The van der Waals surface area contributed by atoms with Gasteiger partial charge < -0.3 is 10.3 Å². The first-order valence-corrected chi connectivity index (χ1v) is 7.62. The van der Waals surface area contributed by atoms with Gasteiger partial charge in [-0.2, -0.15) is 0 Å². The van der Waals surface area contributed by atoms with E-state index in [1.165, 1.54) is 50.8 Å². The molecule has 0 atom stereocenters. The molecule has 1 aromatic rings. The Morgan fingerprint density at radius 1 is 1.17 bits per heavy atom. The van der Waals surface area contributed by atoms with Crippen LogP contribution in [0.2, 0.25) is 0 Å². The van der Waals surface area contributed by atoms with Crippen LogP contribution in [-0.2, 0) is 13.0 Å². The second-order valence-electron chi connectivity index (χ2n) is 5.48. The molecule has 0 amide bonds. The van der Waals surface area contributed by atoms with Crippen LogP contribution in [0.25, 0.3) is 0 Å². The van der Waals surface area contributed by atoms with E-state index in [4.69, 9.17) is 10.7 Å². The standard InChI is InChI=1S/C15H27N3/c1-3-5-6-7-8-9-13-14(16)18(4-2)15(17-13)12-10-11-12/h12H,3-11,16H2,1-2H3. The highest BCUT2D eigenvalue weighted by molar-refractivity contribution is 5.39. The molecule has 0 aromatic carbocycles. The summed E-state index contributed by atoms with van der Waals surface area (Å²) < 4.78 is 2.22. The van der Waals surface area contributed by atoms with Crippen LogP contribution in [-0.4, -0.2) is 9.55 Å². The molecule has 1 saturated carbocycles. The Labute approximate surface area is 111 Å². The molecule has 0 bridgehead atoms. The molecule has 1 fully saturated rings. The van der Waals surface area contributed by atoms with Gasteiger partial charge in [0.25, 0.3) is 0 Å². The summed E-state index contributed by atoms with van der Waals surface area (Å²) in [5, 5.41) is 0. The Hall–Kier alpha value is -0.990. The summed E-state index contributed by atoms with van der Waals surface area (Å²) in [6, 6.07) is 0. The van der Waals surface area contributed by atoms with Crippen molar-refractivity contribution in [2.75, 3.05) is 5.73 Å². The van der Waals surface area contributed by atoms with E-state index in [-0.39, 0.29) is 0 Å². The largest absolute Gasteiger partial charge is 0.384 e. The third-order valence-electron chi connectivity index (χ3n) is 3.89. The average molecular weight is 249 g/mol. The lowest BCUT2D eigenvalue weighted by Crippen LogP contribution is -2.04. The van der Waals surface area contributed by atoms with Crippen molar-refractivity contribution in [3.8, 4) is 0 Å². The van der Waals surface area contributed by atoms with E-state index in [1.807, 2.05) is 0 Å². The summed E-state index contributed by atoms with van der Waals surface area (Å²) in [4.78, 5) is 4.80. The second kappa shape index (κ2) is 6.26. The highest BCUT2D eigenvalue weighted by Crippen LogP contribution is 2.40. The van der Waals surface area contributed by atoms with Gasteiger partial charge in [-0.3, -0.25) is 0 Å². The van der Waals surface area contributed by atoms with E-state index >= 15 is 0 Å². The summed E-state index contributed by atoms with van der Waals surface area (Å²) in [6.45, 7) is 5.37. The van der Waals surface area contributed by atoms with E-state index < -0.39 is 0 Å². The highest BCUT2D eigenvalue weighted by atomic mass is 15.1. The molecule has 102 valence electrons. The van der Waals surface area contributed by atoms with Crippen molar-refractivity contribution in [1.29, 1.82) is 0 Å². The lowest BCUT2D eigenvalue weighted by molar-refractivity contribution is 0.629. The van der Waals surface area contributed by atoms with Crippen LogP contribution < -0.4 is 5.73 Å². The van der Waals surface area contributed by atoms with Gasteiger partial charge in [0, 0.05) is 12.5 Å². The Morgan fingerprint density at radius 2 is 1.89 bits per heavy atom. The van der Waals surface area contributed by atoms with Crippen LogP contribution >= 0.6 is 0 Å². The van der Waals surface area contributed by atoms with Crippen molar-refractivity contribution < 1.29 is 0 Å². The number of nitrogens with zero attached hydrogens (tertiary/aromatic N) is 2. The zero-order valence-electron chi connectivity index (χ0n) is 11.9. The lowest BCUT2D eigenvalue weighted by atomic mass is 10.1. The first-order chi connectivity index (χ1) is 8.77. The SMILES string of the molecule is CCCCCCCc1nc(C2CC2)n(CC)c1N. The Morgan fingerprint density at radius 3 is 2.50 bits per heavy atom. The monoisotopic (exact) mass is 249 g/mol. The van der Waals surface area contributed by atoms with E-state index in [0.29, 0.717) is 5.92 Å². The van der Waals surface area contributed by atoms with Crippen molar-refractivity contribution in [1.82, 2.24) is 9.55 Å². The minimum absolute atomic E-state index is 0.695. The van der Waals surface area contributed by atoms with Crippen LogP contribution in [0.5, 0.6) is 0 Å². The molecule has 2 rings (SSSR count). The summed E-state index contributed by atoms with van der Waals surface area (Å²) in [7, 11) is 0. The Bertz CT molecular complexity index is 377. The van der Waals surface area contributed by atoms with Crippen molar-refractivity contribution in [3.05, 3.63) is 11.5 Å². The topological polar surface area (TPSA) is 43.8 Å². The molecule has 18 heavy (non-hydrogen) atoms. The number of aryl methyl sites for hydroxylation is 1. The van der Waals surface area contributed by atoms with E-state index in [2.05, 4.69) is 18.4 Å². The van der Waals surface area contributed by atoms with E-state index in [1.54, 1.807) is 0 Å². The maximum absolute atomic E-state index is 6.22. The second-order valence-corrected chi connectivity index (χ2v) is 5.48. The lowest BCUT2D eigenvalue weighted by Gasteiger charge is -2.05. The van der Waals surface area contributed by atoms with Gasteiger partial charge in [0.2, 0.25) is 0 Å². The Kier molecular flexibility index (Phi) is 4.67. The van der Waals surface area contributed by atoms with Gasteiger partial charge in [-0.15, -0.1) is 0 Å². The number of imidazole rings is 1. The van der Waals surface area contributed by atoms with Gasteiger partial charge in [-0.1, -0.05) is 32.6 Å². The maximum Gasteiger partial charge on any atom is 0.126 e. The zero-order chi connectivity index (χ0) is 13.0. The van der Waals surface area contributed by atoms with Gasteiger partial charge in [-0.05, 0) is 32.6 Å². The van der Waals surface area contributed by atoms with E-state index in [9.17, 15) is 0 Å². The van der Waals surface area contributed by atoms with Gasteiger partial charge in [0.05, 0.1) is 5.69 Å². The minimum atomic E-state index is 0.695. The third kappa shape index (κ3) is 3.06. The molecule has 1 aliphatic carbocycles. The molecule has 1 heterocycles. The van der Waals surface area contributed by atoms with Crippen molar-refractivity contribution >= 4 is 5.82 Å². The molecule has 2 N–H and O–H groups in total. The molecule has 3 heteroatoms. The molecule has 1 aliphatic rings. The highest BCUT2D eigenvalue weighted by Gasteiger charge is 2.30. The van der Waals surface area contributed by atoms with Crippen LogP contribution in [0.15, 0.2) is 0 Å². The molecular formula is C15H27N3. The van der Waals surface area contributed by atoms with Crippen molar-refractivity contribution in [3.63, 3.8) is 0 Å². The fraction of sp³-hybridized carbons (Fsp3) is 0.800. The quantitative estimate of drug-likeness (QED) is 0.711. The van der Waals surface area contributed by atoms with Gasteiger partial charge in [-0.25, -0.2) is 4.98 Å². The summed E-state index contributed by atoms with van der Waals surface area (Å²) in [6.07, 6.45) is 10.2. The molecule has 0 saturated heterocycles. The smallest absolute Gasteiger partial charge is 0.126 e. The number of hydrogen-bond donors (Lipinski definition) is 1. The van der Waals surface area contributed by atoms with Gasteiger partial charge in [0.1, 0.15) is 11.6 Å². The fourth-order valence-electron chi connectivity index (χ4n) is 2.60. The predicted octanol–water partition coefficient (Wildman–Crippen LogP) is 3.88. The number of unbranched alkanes of at least 4 members (excludes halogenated alkanes) is 4. The first kappa shape index (κ1) is 13.4. The van der Waals surface area contributed by atoms with Crippen molar-refractivity contribution in [2.24, 2.45) is 0 Å². The predicted molar refractivity (Wildman–Crippen MR) is 76.8 cm³/mol. The number of anilines is 1. The summed E-state index contributed by atoms with van der Waals surface area (Å²) in [5.41, 5.74) is 7.37. The third-order valence-corrected chi connectivity index (χ3v) is 3.89. The zero-order valence-corrected chi connectivity index (χ0v) is 11.9. The average Bonchev–Trinajstić information content (AvgIpc) is 3.16. The number of rotatable bonds is 8. The molecule has 3 nitrogen and oxygen atoms in total. The number of hydrogen-bond acceptors (Lipinski definition) is 2. The van der Waals surface area contributed by atoms with Crippen molar-refractivity contribution in [2.45, 2.75) is 77.7 Å². The number of aromatic nitrogens is 2. The van der Waals surface area contributed by atoms with Gasteiger partial charge in [0.15, 0.2) is 0 Å². The van der Waals surface area contributed by atoms with Gasteiger partial charge >= 0.3 is 0 Å². The van der Waals surface area contributed by atoms with Crippen LogP contribution in [0.3, 0.4) is 0 Å². The van der Waals surface area contributed by atoms with E-state index in [0.717, 1.165) is 24.5 Å². The summed E-state index contributed by atoms with van der Waals surface area (Å²) >= 11 is 0. The fourth-order valence-corrected chi connectivity index (χ4v) is 2.60. The normalized spacial score (nSPS) is 15.2. The van der Waals surface area contributed by atoms with Crippen LogP contribution in [0.1, 0.15) is 76.2 Å². The maximum atomic E-state index is 6.22. The summed E-state index contributed by atoms with van der Waals surface area (Å²) in [5.74, 6) is 2.87. The van der Waals surface area contributed by atoms with Crippen LogP contribution in [0, 0.1) is 0 Å². The van der Waals surface area contributed by atoms with Crippen LogP contribution in [0.4, 0.5) is 5.82 Å².